The van der Waals surface area contributed by atoms with Gasteiger partial charge in [0.1, 0.15) is 23.1 Å². The van der Waals surface area contributed by atoms with Crippen LogP contribution in [-0.4, -0.2) is 43.6 Å². The van der Waals surface area contributed by atoms with Gasteiger partial charge in [0.15, 0.2) is 17.2 Å². The number of pyridine rings is 2. The number of aromatic carboxylic acids is 1. The molecule has 6 rings (SSSR count). The highest BCUT2D eigenvalue weighted by Gasteiger charge is 2.64. The van der Waals surface area contributed by atoms with Gasteiger partial charge in [-0.25, -0.2) is 18.4 Å². The highest BCUT2D eigenvalue weighted by Crippen LogP contribution is 2.54. The molecule has 0 bridgehead atoms. The fourth-order valence-electron chi connectivity index (χ4n) is 7.36. The molecule has 0 aliphatic rings. The molecule has 4 unspecified atom stereocenters. The zero-order valence-corrected chi connectivity index (χ0v) is 36.5. The molecule has 0 radical (unpaired) electrons. The van der Waals surface area contributed by atoms with E-state index < -0.39 is 98.1 Å². The second-order valence-corrected chi connectivity index (χ2v) is 16.0. The van der Waals surface area contributed by atoms with Crippen molar-refractivity contribution in [1.29, 1.82) is 0 Å². The normalized spacial score (nSPS) is 14.6. The molecule has 0 aliphatic heterocycles. The Balaban J connectivity index is 1.30. The summed E-state index contributed by atoms with van der Waals surface area (Å²) in [6.07, 6.45) is -9.13. The van der Waals surface area contributed by atoms with E-state index in [-0.39, 0.29) is 38.4 Å². The number of halogens is 10. The summed E-state index contributed by atoms with van der Waals surface area (Å²) in [6.45, 7) is 2.07. The third-order valence-electron chi connectivity index (χ3n) is 11.1. The summed E-state index contributed by atoms with van der Waals surface area (Å²) in [5.74, 6) is -10.6. The second kappa shape index (κ2) is 18.5. The molecule has 2 heterocycles. The Hall–Kier alpha value is -6.70. The number of alkyl halides is 6. The Morgan fingerprint density at radius 1 is 0.627 bits per heavy atom. The number of hydrogen-bond donors (Lipinski definition) is 2. The Morgan fingerprint density at radius 3 is 1.63 bits per heavy atom. The van der Waals surface area contributed by atoms with Crippen molar-refractivity contribution in [3.8, 4) is 23.0 Å². The Bertz CT molecular complexity index is 3030. The SMILES string of the molecule is CC(c1ccc(Oc2ccc(C(=O)OC(c3ccc(=O)n(C)c3)(C(C)c3ccc(Oc4ccc(C(=O)O)c(F)c4)cc3Cl)C(F)(F)F)cc2F)cc1Cl)C(O)(c1ccc(=O)n(C)c1)C(F)(F)F. The maximum absolute atomic E-state index is 15.8. The highest BCUT2D eigenvalue weighted by molar-refractivity contribution is 6.32. The standard InChI is InChI=1S/C46H34Cl2F8N2O9/c1-23(43(64,45(51,52)53)26-6-15-39(59)57(3)21-26)31-11-9-29(19-34(31)47)66-38-14-5-25(17-37(38)50)42(63)67-44(46(54,55)56,27-7-16-40(60)58(4)22-27)24(2)32-12-8-28(18-35(32)48)65-30-10-13-33(41(61)62)36(49)20-30/h5-24,64H,1-4H3,(H,61,62). The number of carboxylic acids is 1. The lowest BCUT2D eigenvalue weighted by Gasteiger charge is -2.40. The minimum absolute atomic E-state index is 0.114. The van der Waals surface area contributed by atoms with E-state index >= 15 is 17.6 Å². The van der Waals surface area contributed by atoms with Crippen molar-refractivity contribution in [2.75, 3.05) is 0 Å². The van der Waals surface area contributed by atoms with Crippen LogP contribution < -0.4 is 20.6 Å². The Kier molecular flexibility index (Phi) is 13.8. The molecule has 2 aromatic heterocycles. The van der Waals surface area contributed by atoms with E-state index in [4.69, 9.17) is 42.5 Å². The van der Waals surface area contributed by atoms with Crippen LogP contribution in [0.15, 0.2) is 119 Å². The van der Waals surface area contributed by atoms with Crippen molar-refractivity contribution < 1.29 is 69.1 Å². The van der Waals surface area contributed by atoms with Crippen LogP contribution in [0, 0.1) is 11.6 Å². The maximum atomic E-state index is 15.8. The molecule has 6 aromatic rings. The topological polar surface area (TPSA) is 146 Å². The molecule has 4 atom stereocenters. The van der Waals surface area contributed by atoms with E-state index in [9.17, 15) is 41.8 Å². The molecule has 352 valence electrons. The van der Waals surface area contributed by atoms with Crippen molar-refractivity contribution in [3.05, 3.63) is 185 Å². The zero-order chi connectivity index (χ0) is 49.6. The monoisotopic (exact) mass is 980 g/mol. The molecular formula is C46H34Cl2F8N2O9. The smallest absolute Gasteiger partial charge is 0.433 e. The largest absolute Gasteiger partial charge is 0.478 e. The van der Waals surface area contributed by atoms with E-state index in [0.717, 1.165) is 133 Å². The fraction of sp³-hybridized carbons (Fsp3) is 0.217. The number of hydrogen-bond acceptors (Lipinski definition) is 8. The number of carbonyl (C=O) groups excluding carboxylic acids is 1. The third kappa shape index (κ3) is 9.62. The lowest BCUT2D eigenvalue weighted by molar-refractivity contribution is -0.274. The number of benzene rings is 4. The van der Waals surface area contributed by atoms with E-state index in [1.54, 1.807) is 0 Å². The Morgan fingerprint density at radius 2 is 1.13 bits per heavy atom. The number of aromatic nitrogens is 2. The number of nitrogens with zero attached hydrogens (tertiary/aromatic N) is 2. The maximum Gasteiger partial charge on any atom is 0.433 e. The number of aliphatic hydroxyl groups is 1. The molecule has 0 spiro atoms. The average molecular weight is 982 g/mol. The highest BCUT2D eigenvalue weighted by atomic mass is 35.5. The van der Waals surface area contributed by atoms with Crippen molar-refractivity contribution in [2.24, 2.45) is 14.1 Å². The van der Waals surface area contributed by atoms with Crippen LogP contribution in [0.4, 0.5) is 35.1 Å². The first-order valence-electron chi connectivity index (χ1n) is 19.4. The van der Waals surface area contributed by atoms with Gasteiger partial charge in [0.25, 0.3) is 0 Å². The first-order valence-corrected chi connectivity index (χ1v) is 20.2. The second-order valence-electron chi connectivity index (χ2n) is 15.2. The molecule has 67 heavy (non-hydrogen) atoms. The summed E-state index contributed by atoms with van der Waals surface area (Å²) in [4.78, 5) is 49.2. The van der Waals surface area contributed by atoms with Crippen molar-refractivity contribution in [3.63, 3.8) is 0 Å². The molecule has 21 heteroatoms. The first-order chi connectivity index (χ1) is 31.2. The molecule has 0 saturated carbocycles. The lowest BCUT2D eigenvalue weighted by Crippen LogP contribution is -2.50. The molecule has 4 aromatic carbocycles. The number of esters is 1. The summed E-state index contributed by atoms with van der Waals surface area (Å²) in [5, 5.41) is 19.5. The van der Waals surface area contributed by atoms with Crippen molar-refractivity contribution in [2.45, 2.75) is 49.2 Å². The van der Waals surface area contributed by atoms with Crippen LogP contribution >= 0.6 is 23.2 Å². The number of carboxylic acid groups (broad SMARTS) is 1. The molecule has 0 fully saturated rings. The van der Waals surface area contributed by atoms with Gasteiger partial charge in [-0.05, 0) is 77.9 Å². The number of carbonyl (C=O) groups is 2. The van der Waals surface area contributed by atoms with E-state index in [1.165, 1.54) is 7.05 Å². The number of rotatable bonds is 13. The Labute approximate surface area is 383 Å². The third-order valence-corrected chi connectivity index (χ3v) is 11.7. The van der Waals surface area contributed by atoms with E-state index in [2.05, 4.69) is 0 Å². The van der Waals surface area contributed by atoms with Crippen LogP contribution in [0.3, 0.4) is 0 Å². The molecule has 11 nitrogen and oxygen atoms in total. The molecule has 0 saturated heterocycles. The predicted octanol–water partition coefficient (Wildman–Crippen LogP) is 10.9. The lowest BCUT2D eigenvalue weighted by atomic mass is 9.77. The van der Waals surface area contributed by atoms with Crippen LogP contribution in [0.5, 0.6) is 23.0 Å². The van der Waals surface area contributed by atoms with Gasteiger partial charge in [-0.3, -0.25) is 9.59 Å². The average Bonchev–Trinajstić information content (AvgIpc) is 3.23. The van der Waals surface area contributed by atoms with Gasteiger partial charge in [-0.1, -0.05) is 49.2 Å². The summed E-state index contributed by atoms with van der Waals surface area (Å²) in [6, 6.07) is 14.9. The fourth-order valence-corrected chi connectivity index (χ4v) is 8.03. The van der Waals surface area contributed by atoms with Crippen LogP contribution in [0.25, 0.3) is 0 Å². The van der Waals surface area contributed by atoms with Gasteiger partial charge in [-0.15, -0.1) is 0 Å². The van der Waals surface area contributed by atoms with Gasteiger partial charge in [0, 0.05) is 77.7 Å². The minimum Gasteiger partial charge on any atom is -0.478 e. The van der Waals surface area contributed by atoms with Crippen molar-refractivity contribution in [1.82, 2.24) is 9.13 Å². The zero-order valence-electron chi connectivity index (χ0n) is 35.0. The summed E-state index contributed by atoms with van der Waals surface area (Å²) in [5.41, 5.74) is -11.8. The van der Waals surface area contributed by atoms with E-state index in [1.807, 2.05) is 0 Å². The predicted molar refractivity (Wildman–Crippen MR) is 226 cm³/mol. The first kappa shape index (κ1) is 49.7. The van der Waals surface area contributed by atoms with Gasteiger partial charge in [0.2, 0.25) is 16.7 Å². The van der Waals surface area contributed by atoms with Gasteiger partial charge in [-0.2, -0.15) is 26.3 Å². The summed E-state index contributed by atoms with van der Waals surface area (Å²) in [7, 11) is 2.35. The molecule has 0 aliphatic carbocycles. The van der Waals surface area contributed by atoms with Crippen LogP contribution in [0.1, 0.15) is 68.7 Å². The molecule has 2 N–H and O–H groups in total. The van der Waals surface area contributed by atoms with Gasteiger partial charge >= 0.3 is 24.3 Å². The number of aryl methyl sites for hydroxylation is 2. The molecule has 0 amide bonds. The van der Waals surface area contributed by atoms with Crippen LogP contribution in [-0.2, 0) is 30.0 Å². The van der Waals surface area contributed by atoms with E-state index in [0.29, 0.717) is 6.07 Å². The van der Waals surface area contributed by atoms with Gasteiger partial charge < -0.3 is 33.6 Å². The molecular weight excluding hydrogens is 947 g/mol. The minimum atomic E-state index is -5.48. The van der Waals surface area contributed by atoms with Crippen molar-refractivity contribution >= 4 is 35.1 Å². The number of ether oxygens (including phenoxy) is 3. The summed E-state index contributed by atoms with van der Waals surface area (Å²) < 4.78 is 139. The van der Waals surface area contributed by atoms with Crippen LogP contribution in [0.2, 0.25) is 10.0 Å². The quantitative estimate of drug-likeness (QED) is 0.0853. The summed E-state index contributed by atoms with van der Waals surface area (Å²) >= 11 is 12.9. The van der Waals surface area contributed by atoms with Gasteiger partial charge in [0.05, 0.1) is 11.1 Å².